The second-order valence-electron chi connectivity index (χ2n) is 22.9. The highest BCUT2D eigenvalue weighted by atomic mass is 35.7. The number of nitro groups is 2. The summed E-state index contributed by atoms with van der Waals surface area (Å²) in [6, 6.07) is 45.1. The smallest absolute Gasteiger partial charge is 0.269 e. The average Bonchev–Trinajstić information content (AvgIpc) is 1.97. The number of fused-ring (bicyclic) bond motifs is 8. The molecule has 20 heteroatoms. The second kappa shape index (κ2) is 22.2. The molecule has 0 N–H and O–H groups in total. The Balaban J connectivity index is 0.000000782. The van der Waals surface area contributed by atoms with Crippen LogP contribution in [0.25, 0.3) is 21.5 Å². The van der Waals surface area contributed by atoms with Gasteiger partial charge in [0.1, 0.15) is 14.1 Å². The maximum atomic E-state index is 12.2. The first-order chi connectivity index (χ1) is 39.2. The van der Waals surface area contributed by atoms with Crippen LogP contribution in [-0.4, -0.2) is 58.6 Å². The third kappa shape index (κ3) is 11.4. The van der Waals surface area contributed by atoms with Crippen LogP contribution in [0.5, 0.6) is 0 Å². The SMILES string of the molecule is CN1C(=CC=CC2=[N+](C)c3ccc4ccccc4c3C2(C)C)C(C)(Cc2ccc(CC3(C)C(=CC=CC4=[N+](C)c5ccc6ccccc6c5C4(C)C)N(C)c4ccc([N+](=O)[O-])cc43)cc2)c2cc([N+](=O)[O-])ccc21.[O-][Cl+3]([O-])([O-])[O-].[O-][Cl+3]([O-])([O-])[O-]. The molecule has 0 fully saturated rings. The highest BCUT2D eigenvalue weighted by Gasteiger charge is 2.48. The summed E-state index contributed by atoms with van der Waals surface area (Å²) in [6.07, 6.45) is 14.3. The van der Waals surface area contributed by atoms with Crippen LogP contribution >= 0.6 is 0 Å². The summed E-state index contributed by atoms with van der Waals surface area (Å²) in [7, 11) is -1.52. The monoisotopic (exact) mass is 1180 g/mol. The van der Waals surface area contributed by atoms with E-state index in [9.17, 15) is 20.2 Å². The Morgan fingerprint density at radius 2 is 0.821 bits per heavy atom. The van der Waals surface area contributed by atoms with Crippen LogP contribution in [0.2, 0.25) is 0 Å². The van der Waals surface area contributed by atoms with Crippen molar-refractivity contribution in [2.75, 3.05) is 38.0 Å². The van der Waals surface area contributed by atoms with Gasteiger partial charge in [-0.2, -0.15) is 9.15 Å². The van der Waals surface area contributed by atoms with Crippen molar-refractivity contribution in [2.45, 2.75) is 76.0 Å². The molecule has 11 rings (SSSR count). The van der Waals surface area contributed by atoms with E-state index in [1.165, 1.54) is 55.5 Å². The van der Waals surface area contributed by atoms with Crippen molar-refractivity contribution in [3.8, 4) is 0 Å². The number of anilines is 2. The molecule has 434 valence electrons. The van der Waals surface area contributed by atoms with Gasteiger partial charge in [-0.25, -0.2) is 37.3 Å². The van der Waals surface area contributed by atoms with Crippen LogP contribution in [0, 0.1) is 40.7 Å². The van der Waals surface area contributed by atoms with Crippen molar-refractivity contribution < 1.29 is 76.8 Å². The molecular weight excluding hydrogens is 1120 g/mol. The predicted molar refractivity (Wildman–Crippen MR) is 302 cm³/mol. The summed E-state index contributed by atoms with van der Waals surface area (Å²) < 4.78 is 72.5. The fraction of sp³-hybridized carbons (Fsp3) is 0.250. The van der Waals surface area contributed by atoms with Crippen molar-refractivity contribution in [1.82, 2.24) is 0 Å². The van der Waals surface area contributed by atoms with E-state index in [0.717, 1.165) is 45.0 Å². The molecule has 0 spiro atoms. The molecule has 0 radical (unpaired) electrons. The lowest BCUT2D eigenvalue weighted by atomic mass is 9.74. The normalized spacial score (nSPS) is 20.4. The van der Waals surface area contributed by atoms with Crippen LogP contribution in [-0.2, 0) is 34.5 Å². The molecule has 18 nitrogen and oxygen atoms in total. The molecule has 0 aliphatic carbocycles. The molecule has 0 amide bonds. The molecule has 7 aromatic carbocycles. The summed E-state index contributed by atoms with van der Waals surface area (Å²) in [6.45, 7) is 13.5. The predicted octanol–water partition coefficient (Wildman–Crippen LogP) is 4.49. The van der Waals surface area contributed by atoms with Gasteiger partial charge < -0.3 is 9.80 Å². The van der Waals surface area contributed by atoms with E-state index >= 15 is 0 Å². The minimum atomic E-state index is -4.94. The number of likely N-dealkylation sites (N-methyl/N-ethyl adjacent to an activating group) is 2. The molecule has 2 unspecified atom stereocenters. The topological polar surface area (TPSA) is 283 Å². The number of halogens is 2. The van der Waals surface area contributed by atoms with Crippen LogP contribution in [0.15, 0.2) is 181 Å². The number of non-ortho nitro benzene ring substituents is 2. The minimum absolute atomic E-state index is 0.0654. The lowest BCUT2D eigenvalue weighted by molar-refractivity contribution is -2.00. The third-order valence-electron chi connectivity index (χ3n) is 17.1. The summed E-state index contributed by atoms with van der Waals surface area (Å²) >= 11 is 0. The first-order valence-corrected chi connectivity index (χ1v) is 29.1. The van der Waals surface area contributed by atoms with Gasteiger partial charge >= 0.3 is 0 Å². The number of nitrogens with zero attached hydrogens (tertiary/aromatic N) is 6. The van der Waals surface area contributed by atoms with E-state index in [1.54, 1.807) is 24.3 Å². The molecule has 84 heavy (non-hydrogen) atoms. The van der Waals surface area contributed by atoms with Gasteiger partial charge in [0.15, 0.2) is 11.4 Å². The van der Waals surface area contributed by atoms with Gasteiger partial charge in [0, 0.05) is 107 Å². The van der Waals surface area contributed by atoms with Crippen molar-refractivity contribution in [1.29, 1.82) is 0 Å². The maximum absolute atomic E-state index is 12.2. The van der Waals surface area contributed by atoms with Crippen LogP contribution in [0.1, 0.15) is 74.9 Å². The number of benzene rings is 7. The molecule has 0 bridgehead atoms. The summed E-state index contributed by atoms with van der Waals surface area (Å²) in [4.78, 5) is 28.2. The molecule has 2 atom stereocenters. The number of hydrogen-bond donors (Lipinski definition) is 0. The van der Waals surface area contributed by atoms with Crippen LogP contribution < -0.4 is 47.1 Å². The third-order valence-corrected chi connectivity index (χ3v) is 17.1. The average molecular weight is 1180 g/mol. The van der Waals surface area contributed by atoms with E-state index in [2.05, 4.69) is 208 Å². The first kappa shape index (κ1) is 60.6. The zero-order valence-corrected chi connectivity index (χ0v) is 49.4. The fourth-order valence-electron chi connectivity index (χ4n) is 13.4. The highest BCUT2D eigenvalue weighted by Crippen LogP contribution is 2.53. The summed E-state index contributed by atoms with van der Waals surface area (Å²) in [5.41, 5.74) is 13.8. The zero-order chi connectivity index (χ0) is 61.2. The van der Waals surface area contributed by atoms with Crippen molar-refractivity contribution in [2.24, 2.45) is 0 Å². The summed E-state index contributed by atoms with van der Waals surface area (Å²) in [5, 5.41) is 29.5. The Morgan fingerprint density at radius 3 is 1.15 bits per heavy atom. The lowest BCUT2D eigenvalue weighted by Gasteiger charge is -2.30. The van der Waals surface area contributed by atoms with Crippen molar-refractivity contribution in [3.63, 3.8) is 0 Å². The highest BCUT2D eigenvalue weighted by molar-refractivity contribution is 6.09. The molecule has 0 aromatic heterocycles. The van der Waals surface area contributed by atoms with Crippen molar-refractivity contribution in [3.05, 3.63) is 235 Å². The number of rotatable bonds is 10. The van der Waals surface area contributed by atoms with Gasteiger partial charge in [-0.05, 0) is 135 Å². The molecule has 4 aliphatic heterocycles. The number of hydrogen-bond acceptors (Lipinski definition) is 14. The quantitative estimate of drug-likeness (QED) is 0.104. The van der Waals surface area contributed by atoms with Gasteiger partial charge in [-0.3, -0.25) is 20.2 Å². The molecule has 7 aromatic rings. The summed E-state index contributed by atoms with van der Waals surface area (Å²) in [5.74, 6) is 0. The van der Waals surface area contributed by atoms with E-state index in [0.29, 0.717) is 12.8 Å². The molecule has 0 saturated heterocycles. The Hall–Kier alpha value is -7.98. The van der Waals surface area contributed by atoms with Gasteiger partial charge in [-0.15, -0.1) is 20.5 Å². The molecular formula is C64H62Cl2N6O12. The Bertz CT molecular complexity index is 3760. The zero-order valence-electron chi connectivity index (χ0n) is 47.9. The molecule has 4 aliphatic rings. The van der Waals surface area contributed by atoms with Crippen molar-refractivity contribution >= 4 is 67.1 Å². The van der Waals surface area contributed by atoms with Crippen LogP contribution in [0.4, 0.5) is 34.1 Å². The van der Waals surface area contributed by atoms with E-state index in [4.69, 9.17) is 37.3 Å². The fourth-order valence-corrected chi connectivity index (χ4v) is 13.4. The van der Waals surface area contributed by atoms with Crippen LogP contribution in [0.3, 0.4) is 0 Å². The number of nitro benzene ring substituents is 2. The second-order valence-corrected chi connectivity index (χ2v) is 24.5. The van der Waals surface area contributed by atoms with E-state index in [-0.39, 0.29) is 32.1 Å². The first-order valence-electron chi connectivity index (χ1n) is 26.7. The van der Waals surface area contributed by atoms with Gasteiger partial charge in [0.05, 0.1) is 20.7 Å². The standard InChI is InChI=1S/C64H62N6O4.2ClHO4/c1-61(2)55(67(9)53-33-29-43-17-11-13-19-47(43)59(53)61)21-15-23-57-63(5,49-37-45(69(71)72)31-35-51(49)65(57)7)39-41-25-27-42(28-26-41)40-64(6)50-38-46(70(73)74)32-36-52(50)66(8)58(64)24-16-22-56-62(3,4)60-48-20-14-12-18-44(48)30-34-54(60)68(56)10;2*2-1(3,4)5/h11-38H,39-40H2,1-10H3;2*(H,2,3,4,5)/q+2;;/p-2. The van der Waals surface area contributed by atoms with E-state index < -0.39 is 31.3 Å². The van der Waals surface area contributed by atoms with Gasteiger partial charge in [-0.1, -0.05) is 84.9 Å². The largest absolute Gasteiger partial charge is 0.347 e. The molecule has 4 heterocycles. The van der Waals surface area contributed by atoms with Gasteiger partial charge in [0.2, 0.25) is 11.4 Å². The number of allylic oxidation sites excluding steroid dienone is 8. The Labute approximate surface area is 490 Å². The molecule has 0 saturated carbocycles. The van der Waals surface area contributed by atoms with E-state index in [1.807, 2.05) is 26.2 Å². The van der Waals surface area contributed by atoms with Gasteiger partial charge in [0.25, 0.3) is 11.4 Å². The Morgan fingerprint density at radius 1 is 0.488 bits per heavy atom. The maximum Gasteiger partial charge on any atom is 0.269 e. The minimum Gasteiger partial charge on any atom is -0.347 e. The lowest BCUT2D eigenvalue weighted by Crippen LogP contribution is -2.68. The Kier molecular flexibility index (Phi) is 16.0.